The van der Waals surface area contributed by atoms with Crippen molar-refractivity contribution in [3.8, 4) is 5.75 Å². The summed E-state index contributed by atoms with van der Waals surface area (Å²) in [5.41, 5.74) is 0.748. The Kier molecular flexibility index (Phi) is 6.17. The smallest absolute Gasteiger partial charge is 0.303 e. The van der Waals surface area contributed by atoms with Crippen LogP contribution in [0.3, 0.4) is 0 Å². The van der Waals surface area contributed by atoms with E-state index in [4.69, 9.17) is 9.84 Å². The predicted octanol–water partition coefficient (Wildman–Crippen LogP) is 1.42. The monoisotopic (exact) mass is 334 g/mol. The van der Waals surface area contributed by atoms with Gasteiger partial charge in [-0.2, -0.15) is 0 Å². The lowest BCUT2D eigenvalue weighted by atomic mass is 10.1. The summed E-state index contributed by atoms with van der Waals surface area (Å²) in [6, 6.07) is 7.14. The molecule has 130 valence electrons. The Morgan fingerprint density at radius 1 is 1.29 bits per heavy atom. The van der Waals surface area contributed by atoms with Gasteiger partial charge in [-0.15, -0.1) is 0 Å². The largest absolute Gasteiger partial charge is 0.497 e. The highest BCUT2D eigenvalue weighted by atomic mass is 16.5. The molecule has 0 aromatic heterocycles. The number of carboxylic acids is 1. The van der Waals surface area contributed by atoms with Gasteiger partial charge in [0, 0.05) is 31.6 Å². The predicted molar refractivity (Wildman–Crippen MR) is 88.0 cm³/mol. The molecule has 1 fully saturated rings. The second-order valence-electron chi connectivity index (χ2n) is 5.75. The number of carboxylic acid groups (broad SMARTS) is 1. The third kappa shape index (κ3) is 4.71. The van der Waals surface area contributed by atoms with Crippen molar-refractivity contribution >= 4 is 23.5 Å². The van der Waals surface area contributed by atoms with E-state index in [1.54, 1.807) is 36.3 Å². The third-order valence-electron chi connectivity index (χ3n) is 4.00. The van der Waals surface area contributed by atoms with Crippen LogP contribution < -0.4 is 15.0 Å². The number of benzene rings is 1. The molecule has 2 rings (SSSR count). The number of carbonyl (C=O) groups excluding carboxylic acids is 2. The molecule has 0 radical (unpaired) electrons. The van der Waals surface area contributed by atoms with Gasteiger partial charge in [-0.1, -0.05) is 0 Å². The number of hydrogen-bond donors (Lipinski definition) is 2. The first-order chi connectivity index (χ1) is 11.5. The average Bonchev–Trinajstić information content (AvgIpc) is 2.96. The topological polar surface area (TPSA) is 95.9 Å². The summed E-state index contributed by atoms with van der Waals surface area (Å²) in [5, 5.41) is 11.3. The lowest BCUT2D eigenvalue weighted by Gasteiger charge is -2.17. The Bertz CT molecular complexity index is 600. The summed E-state index contributed by atoms with van der Waals surface area (Å²) in [5.74, 6) is -0.737. The Morgan fingerprint density at radius 2 is 2.00 bits per heavy atom. The number of aliphatic carboxylic acids is 1. The van der Waals surface area contributed by atoms with Crippen molar-refractivity contribution in [2.45, 2.75) is 25.7 Å². The molecule has 2 N–H and O–H groups in total. The standard InChI is InChI=1S/C17H22N2O5/c1-24-14-7-5-13(6-8-14)19-11-12(10-15(19)20)17(23)18-9-3-2-4-16(21)22/h5-8,12H,2-4,9-11H2,1H3,(H,18,23)(H,21,22). The summed E-state index contributed by atoms with van der Waals surface area (Å²) in [7, 11) is 1.58. The molecule has 0 spiro atoms. The van der Waals surface area contributed by atoms with Crippen LogP contribution in [0.1, 0.15) is 25.7 Å². The molecule has 1 aliphatic rings. The molecule has 7 nitrogen and oxygen atoms in total. The molecular formula is C17H22N2O5. The molecule has 1 unspecified atom stereocenters. The van der Waals surface area contributed by atoms with Crippen LogP contribution in [0.2, 0.25) is 0 Å². The fourth-order valence-electron chi connectivity index (χ4n) is 2.65. The molecule has 1 heterocycles. The minimum atomic E-state index is -0.835. The van der Waals surface area contributed by atoms with Crippen molar-refractivity contribution < 1.29 is 24.2 Å². The molecule has 1 aliphatic heterocycles. The van der Waals surface area contributed by atoms with E-state index in [1.807, 2.05) is 0 Å². The second kappa shape index (κ2) is 8.33. The molecule has 1 aromatic rings. The number of nitrogens with zero attached hydrogens (tertiary/aromatic N) is 1. The normalized spacial score (nSPS) is 17.0. The number of unbranched alkanes of at least 4 members (excludes halogenated alkanes) is 1. The number of amides is 2. The van der Waals surface area contributed by atoms with E-state index in [1.165, 1.54) is 0 Å². The summed E-state index contributed by atoms with van der Waals surface area (Å²) >= 11 is 0. The summed E-state index contributed by atoms with van der Waals surface area (Å²) in [4.78, 5) is 36.3. The van der Waals surface area contributed by atoms with Crippen LogP contribution in [0, 0.1) is 5.92 Å². The Morgan fingerprint density at radius 3 is 2.62 bits per heavy atom. The fraction of sp³-hybridized carbons (Fsp3) is 0.471. The van der Waals surface area contributed by atoms with Crippen molar-refractivity contribution in [3.05, 3.63) is 24.3 Å². The van der Waals surface area contributed by atoms with E-state index in [0.29, 0.717) is 31.7 Å². The minimum absolute atomic E-state index is 0.0776. The molecule has 24 heavy (non-hydrogen) atoms. The van der Waals surface area contributed by atoms with Gasteiger partial charge in [0.2, 0.25) is 11.8 Å². The zero-order valence-corrected chi connectivity index (χ0v) is 13.7. The zero-order chi connectivity index (χ0) is 17.5. The van der Waals surface area contributed by atoms with E-state index in [2.05, 4.69) is 5.32 Å². The lowest BCUT2D eigenvalue weighted by molar-refractivity contribution is -0.137. The van der Waals surface area contributed by atoms with E-state index in [9.17, 15) is 14.4 Å². The summed E-state index contributed by atoms with van der Waals surface area (Å²) in [6.45, 7) is 0.783. The van der Waals surface area contributed by atoms with Crippen LogP contribution in [-0.2, 0) is 14.4 Å². The summed E-state index contributed by atoms with van der Waals surface area (Å²) < 4.78 is 5.09. The van der Waals surface area contributed by atoms with Gasteiger partial charge in [-0.25, -0.2) is 0 Å². The van der Waals surface area contributed by atoms with Gasteiger partial charge < -0.3 is 20.1 Å². The maximum absolute atomic E-state index is 12.1. The quantitative estimate of drug-likeness (QED) is 0.701. The number of anilines is 1. The molecule has 0 bridgehead atoms. The number of methoxy groups -OCH3 is 1. The Labute approximate surface area is 140 Å². The summed E-state index contributed by atoms with van der Waals surface area (Å²) in [6.07, 6.45) is 1.42. The molecule has 0 aliphatic carbocycles. The molecule has 2 amide bonds. The minimum Gasteiger partial charge on any atom is -0.497 e. The van der Waals surface area contributed by atoms with E-state index in [0.717, 1.165) is 5.69 Å². The zero-order valence-electron chi connectivity index (χ0n) is 13.7. The van der Waals surface area contributed by atoms with Gasteiger partial charge in [0.05, 0.1) is 13.0 Å². The van der Waals surface area contributed by atoms with Crippen molar-refractivity contribution in [2.75, 3.05) is 25.1 Å². The molecule has 1 aromatic carbocycles. The van der Waals surface area contributed by atoms with E-state index in [-0.39, 0.29) is 30.6 Å². The Hall–Kier alpha value is -2.57. The van der Waals surface area contributed by atoms with Gasteiger partial charge in [-0.05, 0) is 37.1 Å². The van der Waals surface area contributed by atoms with Gasteiger partial charge in [0.1, 0.15) is 5.75 Å². The van der Waals surface area contributed by atoms with Crippen molar-refractivity contribution in [1.82, 2.24) is 5.32 Å². The number of nitrogens with one attached hydrogen (secondary N) is 1. The molecule has 0 saturated carbocycles. The molecule has 7 heteroatoms. The van der Waals surface area contributed by atoms with Crippen LogP contribution >= 0.6 is 0 Å². The van der Waals surface area contributed by atoms with Gasteiger partial charge in [0.15, 0.2) is 0 Å². The van der Waals surface area contributed by atoms with Crippen molar-refractivity contribution in [3.63, 3.8) is 0 Å². The maximum Gasteiger partial charge on any atom is 0.303 e. The van der Waals surface area contributed by atoms with Crippen molar-refractivity contribution in [2.24, 2.45) is 5.92 Å². The highest BCUT2D eigenvalue weighted by Gasteiger charge is 2.34. The number of carbonyl (C=O) groups is 3. The van der Waals surface area contributed by atoms with Crippen LogP contribution in [0.15, 0.2) is 24.3 Å². The van der Waals surface area contributed by atoms with Gasteiger partial charge >= 0.3 is 5.97 Å². The lowest BCUT2D eigenvalue weighted by Crippen LogP contribution is -2.33. The number of hydrogen-bond acceptors (Lipinski definition) is 4. The second-order valence-corrected chi connectivity index (χ2v) is 5.75. The first-order valence-corrected chi connectivity index (χ1v) is 7.95. The van der Waals surface area contributed by atoms with Crippen LogP contribution in [0.4, 0.5) is 5.69 Å². The first-order valence-electron chi connectivity index (χ1n) is 7.95. The fourth-order valence-corrected chi connectivity index (χ4v) is 2.65. The highest BCUT2D eigenvalue weighted by molar-refractivity contribution is 6.00. The Balaban J connectivity index is 1.82. The van der Waals surface area contributed by atoms with Crippen LogP contribution in [0.5, 0.6) is 5.75 Å². The first kappa shape index (κ1) is 17.8. The van der Waals surface area contributed by atoms with E-state index >= 15 is 0 Å². The third-order valence-corrected chi connectivity index (χ3v) is 4.00. The van der Waals surface area contributed by atoms with E-state index < -0.39 is 5.97 Å². The molecular weight excluding hydrogens is 312 g/mol. The van der Waals surface area contributed by atoms with Crippen LogP contribution in [-0.4, -0.2) is 43.1 Å². The van der Waals surface area contributed by atoms with Gasteiger partial charge in [0.25, 0.3) is 0 Å². The molecule has 1 atom stereocenters. The van der Waals surface area contributed by atoms with Gasteiger partial charge in [-0.3, -0.25) is 14.4 Å². The molecule has 1 saturated heterocycles. The highest BCUT2D eigenvalue weighted by Crippen LogP contribution is 2.26. The maximum atomic E-state index is 12.1. The van der Waals surface area contributed by atoms with Crippen molar-refractivity contribution in [1.29, 1.82) is 0 Å². The number of rotatable bonds is 8. The SMILES string of the molecule is COc1ccc(N2CC(C(=O)NCCCCC(=O)O)CC2=O)cc1. The average molecular weight is 334 g/mol. The van der Waals surface area contributed by atoms with Crippen LogP contribution in [0.25, 0.3) is 0 Å². The number of ether oxygens (including phenoxy) is 1.